The summed E-state index contributed by atoms with van der Waals surface area (Å²) < 4.78 is 5.50. The Balaban J connectivity index is 2.09. The van der Waals surface area contributed by atoms with Crippen molar-refractivity contribution in [1.29, 1.82) is 0 Å². The molecule has 0 aromatic carbocycles. The lowest BCUT2D eigenvalue weighted by Crippen LogP contribution is -2.39. The van der Waals surface area contributed by atoms with Gasteiger partial charge in [-0.05, 0) is 19.3 Å². The highest BCUT2D eigenvalue weighted by Crippen LogP contribution is 2.30. The van der Waals surface area contributed by atoms with Crippen LogP contribution in [0.25, 0.3) is 0 Å². The molecule has 1 heterocycles. The fourth-order valence-electron chi connectivity index (χ4n) is 2.21. The Morgan fingerprint density at radius 3 is 2.65 bits per heavy atom. The number of hydrogen-bond acceptors (Lipinski definition) is 2. The second-order valence-corrected chi connectivity index (χ2v) is 4.93. The molecule has 0 radical (unpaired) electrons. The number of carboxylic acids is 1. The van der Waals surface area contributed by atoms with Crippen LogP contribution >= 0.6 is 0 Å². The maximum absolute atomic E-state index is 10.6. The van der Waals surface area contributed by atoms with E-state index in [1.807, 2.05) is 0 Å². The van der Waals surface area contributed by atoms with Gasteiger partial charge in [0.2, 0.25) is 0 Å². The van der Waals surface area contributed by atoms with Gasteiger partial charge >= 0.3 is 5.97 Å². The van der Waals surface area contributed by atoms with E-state index < -0.39 is 5.97 Å². The minimum absolute atomic E-state index is 0.271. The molecule has 0 aliphatic carbocycles. The van der Waals surface area contributed by atoms with Crippen LogP contribution in [0.15, 0.2) is 12.2 Å². The van der Waals surface area contributed by atoms with E-state index in [0.29, 0.717) is 17.9 Å². The van der Waals surface area contributed by atoms with Crippen LogP contribution in [0.2, 0.25) is 0 Å². The fraction of sp³-hybridized carbons (Fsp3) is 0.786. The van der Waals surface area contributed by atoms with Crippen molar-refractivity contribution in [2.75, 3.05) is 6.61 Å². The molecule has 0 saturated carbocycles. The lowest BCUT2D eigenvalue weighted by Gasteiger charge is -2.37. The highest BCUT2D eigenvalue weighted by atomic mass is 16.5. The maximum atomic E-state index is 10.6. The van der Waals surface area contributed by atoms with Crippen molar-refractivity contribution in [3.8, 4) is 0 Å². The van der Waals surface area contributed by atoms with Crippen molar-refractivity contribution < 1.29 is 14.6 Å². The Kier molecular flexibility index (Phi) is 6.27. The average Bonchev–Trinajstić information content (AvgIpc) is 2.27. The van der Waals surface area contributed by atoms with Gasteiger partial charge in [0.15, 0.2) is 0 Å². The van der Waals surface area contributed by atoms with Crippen molar-refractivity contribution in [3.63, 3.8) is 0 Å². The molecule has 1 aliphatic heterocycles. The van der Waals surface area contributed by atoms with Gasteiger partial charge in [-0.25, -0.2) is 4.79 Å². The molecular weight excluding hydrogens is 216 g/mol. The van der Waals surface area contributed by atoms with Gasteiger partial charge in [0.1, 0.15) is 0 Å². The first-order valence-corrected chi connectivity index (χ1v) is 6.67. The Labute approximate surface area is 104 Å². The first kappa shape index (κ1) is 14.2. The topological polar surface area (TPSA) is 46.5 Å². The largest absolute Gasteiger partial charge is 0.478 e. The second-order valence-electron chi connectivity index (χ2n) is 4.93. The molecule has 3 heteroatoms. The molecule has 0 aromatic heterocycles. The summed E-state index contributed by atoms with van der Waals surface area (Å²) in [7, 11) is 0. The quantitative estimate of drug-likeness (QED) is 0.496. The van der Waals surface area contributed by atoms with Gasteiger partial charge in [-0.1, -0.05) is 39.2 Å². The van der Waals surface area contributed by atoms with E-state index >= 15 is 0 Å². The van der Waals surface area contributed by atoms with Crippen molar-refractivity contribution in [2.24, 2.45) is 5.92 Å². The number of hydrogen-bond donors (Lipinski definition) is 1. The monoisotopic (exact) mass is 240 g/mol. The van der Waals surface area contributed by atoms with Crippen molar-refractivity contribution in [3.05, 3.63) is 12.2 Å². The molecule has 0 aromatic rings. The summed E-state index contributed by atoms with van der Waals surface area (Å²) in [5.74, 6) is -0.239. The van der Waals surface area contributed by atoms with E-state index in [2.05, 4.69) is 13.5 Å². The number of rotatable bonds is 9. The molecule has 98 valence electrons. The summed E-state index contributed by atoms with van der Waals surface area (Å²) in [4.78, 5) is 10.6. The van der Waals surface area contributed by atoms with Crippen LogP contribution in [0.3, 0.4) is 0 Å². The minimum Gasteiger partial charge on any atom is -0.478 e. The van der Waals surface area contributed by atoms with E-state index in [-0.39, 0.29) is 6.10 Å². The molecular formula is C14H24O3. The SMILES string of the molecule is C=C(CCC1OCC1CCCCCC)C(=O)O. The molecule has 1 N–H and O–H groups in total. The summed E-state index contributed by atoms with van der Waals surface area (Å²) in [6.45, 7) is 6.61. The lowest BCUT2D eigenvalue weighted by atomic mass is 9.88. The van der Waals surface area contributed by atoms with Gasteiger partial charge in [-0.15, -0.1) is 0 Å². The number of carbonyl (C=O) groups is 1. The smallest absolute Gasteiger partial charge is 0.330 e. The highest BCUT2D eigenvalue weighted by molar-refractivity contribution is 5.85. The summed E-state index contributed by atoms with van der Waals surface area (Å²) in [5, 5.41) is 8.71. The molecule has 1 aliphatic rings. The highest BCUT2D eigenvalue weighted by Gasteiger charge is 2.31. The average molecular weight is 240 g/mol. The second kappa shape index (κ2) is 7.49. The van der Waals surface area contributed by atoms with Gasteiger partial charge in [0.25, 0.3) is 0 Å². The van der Waals surface area contributed by atoms with Gasteiger partial charge < -0.3 is 9.84 Å². The fourth-order valence-corrected chi connectivity index (χ4v) is 2.21. The minimum atomic E-state index is -0.885. The molecule has 0 spiro atoms. The number of ether oxygens (including phenoxy) is 1. The zero-order valence-electron chi connectivity index (χ0n) is 10.8. The van der Waals surface area contributed by atoms with E-state index in [9.17, 15) is 4.79 Å². The summed E-state index contributed by atoms with van der Waals surface area (Å²) >= 11 is 0. The number of unbranched alkanes of at least 4 members (excludes halogenated alkanes) is 3. The van der Waals surface area contributed by atoms with Crippen LogP contribution in [0.1, 0.15) is 51.9 Å². The molecule has 0 bridgehead atoms. The van der Waals surface area contributed by atoms with E-state index in [0.717, 1.165) is 13.0 Å². The van der Waals surface area contributed by atoms with Crippen LogP contribution < -0.4 is 0 Å². The van der Waals surface area contributed by atoms with Crippen molar-refractivity contribution in [1.82, 2.24) is 0 Å². The maximum Gasteiger partial charge on any atom is 0.330 e. The van der Waals surface area contributed by atoms with E-state index in [1.165, 1.54) is 32.1 Å². The molecule has 1 saturated heterocycles. The normalized spacial score (nSPS) is 23.1. The predicted molar refractivity (Wildman–Crippen MR) is 68.0 cm³/mol. The Morgan fingerprint density at radius 2 is 2.12 bits per heavy atom. The molecule has 1 rings (SSSR count). The predicted octanol–water partition coefficient (Wildman–Crippen LogP) is 3.39. The zero-order chi connectivity index (χ0) is 12.7. The van der Waals surface area contributed by atoms with Crippen LogP contribution in [0.4, 0.5) is 0 Å². The number of aliphatic carboxylic acids is 1. The Morgan fingerprint density at radius 1 is 1.35 bits per heavy atom. The van der Waals surface area contributed by atoms with Crippen LogP contribution in [-0.2, 0) is 9.53 Å². The first-order chi connectivity index (χ1) is 8.15. The zero-order valence-corrected chi connectivity index (χ0v) is 10.8. The van der Waals surface area contributed by atoms with E-state index in [4.69, 9.17) is 9.84 Å². The third kappa shape index (κ3) is 4.90. The first-order valence-electron chi connectivity index (χ1n) is 6.67. The van der Waals surface area contributed by atoms with Crippen molar-refractivity contribution in [2.45, 2.75) is 58.0 Å². The molecule has 17 heavy (non-hydrogen) atoms. The van der Waals surface area contributed by atoms with Crippen LogP contribution in [-0.4, -0.2) is 23.8 Å². The van der Waals surface area contributed by atoms with Crippen LogP contribution in [0.5, 0.6) is 0 Å². The van der Waals surface area contributed by atoms with Gasteiger partial charge in [0.05, 0.1) is 12.7 Å². The summed E-state index contributed by atoms with van der Waals surface area (Å²) in [6.07, 6.45) is 8.02. The molecule has 0 amide bonds. The van der Waals surface area contributed by atoms with E-state index in [1.54, 1.807) is 0 Å². The Hall–Kier alpha value is -0.830. The molecule has 3 nitrogen and oxygen atoms in total. The third-order valence-electron chi connectivity index (χ3n) is 3.51. The van der Waals surface area contributed by atoms with Gasteiger partial charge in [-0.2, -0.15) is 0 Å². The van der Waals surface area contributed by atoms with Gasteiger partial charge in [0, 0.05) is 11.5 Å². The molecule has 2 unspecified atom stereocenters. The summed E-state index contributed by atoms with van der Waals surface area (Å²) in [5.41, 5.74) is 0.297. The molecule has 2 atom stereocenters. The van der Waals surface area contributed by atoms with Crippen molar-refractivity contribution >= 4 is 5.97 Å². The lowest BCUT2D eigenvalue weighted by molar-refractivity contribution is -0.134. The van der Waals surface area contributed by atoms with Gasteiger partial charge in [-0.3, -0.25) is 0 Å². The molecule has 1 fully saturated rings. The number of carboxylic acid groups (broad SMARTS) is 1. The third-order valence-corrected chi connectivity index (χ3v) is 3.51. The summed E-state index contributed by atoms with van der Waals surface area (Å²) in [6, 6.07) is 0. The standard InChI is InChI=1S/C14H24O3/c1-3-4-5-6-7-12-10-17-13(12)9-8-11(2)14(15)16/h12-13H,2-10H2,1H3,(H,15,16). The van der Waals surface area contributed by atoms with Crippen LogP contribution in [0, 0.1) is 5.92 Å². The Bertz CT molecular complexity index is 260.